The Hall–Kier alpha value is -1.73. The fourth-order valence-corrected chi connectivity index (χ4v) is 4.16. The average molecular weight is 447 g/mol. The van der Waals surface area contributed by atoms with Gasteiger partial charge in [0, 0.05) is 12.5 Å². The van der Waals surface area contributed by atoms with E-state index >= 15 is 0 Å². The Morgan fingerprint density at radius 3 is 2.45 bits per heavy atom. The second-order valence-corrected chi connectivity index (χ2v) is 14.8. The van der Waals surface area contributed by atoms with Crippen LogP contribution in [0.3, 0.4) is 0 Å². The van der Waals surface area contributed by atoms with Gasteiger partial charge in [-0.05, 0) is 43.6 Å². The van der Waals surface area contributed by atoms with Crippen molar-refractivity contribution in [2.75, 3.05) is 6.61 Å². The highest BCUT2D eigenvalue weighted by Crippen LogP contribution is 2.38. The molecule has 0 bridgehead atoms. The molecule has 2 rings (SSSR count). The molecule has 1 aliphatic heterocycles. The van der Waals surface area contributed by atoms with Crippen LogP contribution in [0, 0.1) is 0 Å². The molecule has 0 N–H and O–H groups in total. The molecule has 0 aromatic heterocycles. The van der Waals surface area contributed by atoms with Gasteiger partial charge >= 0.3 is 5.97 Å². The van der Waals surface area contributed by atoms with E-state index in [4.69, 9.17) is 18.6 Å². The van der Waals surface area contributed by atoms with Gasteiger partial charge in [-0.3, -0.25) is 0 Å². The van der Waals surface area contributed by atoms with E-state index in [2.05, 4.69) is 40.4 Å². The van der Waals surface area contributed by atoms with E-state index < -0.39 is 32.3 Å². The molecule has 0 spiro atoms. The summed E-state index contributed by atoms with van der Waals surface area (Å²) in [6.45, 7) is 19.0. The Morgan fingerprint density at radius 1 is 1.23 bits per heavy atom. The maximum atomic E-state index is 12.5. The summed E-state index contributed by atoms with van der Waals surface area (Å²) < 4.78 is 24.5. The number of esters is 1. The first-order valence-electron chi connectivity index (χ1n) is 10.9. The van der Waals surface area contributed by atoms with Gasteiger partial charge in [0.05, 0.1) is 6.61 Å². The summed E-state index contributed by atoms with van der Waals surface area (Å²) in [5.74, 6) is -1.20. The molecule has 1 aliphatic rings. The summed E-state index contributed by atoms with van der Waals surface area (Å²) in [6.07, 6.45) is 4.09. The minimum atomic E-state index is -1.96. The molecule has 0 radical (unpaired) electrons. The maximum Gasteiger partial charge on any atom is 0.331 e. The summed E-state index contributed by atoms with van der Waals surface area (Å²) in [6, 6.07) is 9.63. The lowest BCUT2D eigenvalue weighted by atomic mass is 10.1. The number of hydrogen-bond donors (Lipinski definition) is 0. The molecule has 1 aromatic rings. The first-order chi connectivity index (χ1) is 14.3. The second kappa shape index (κ2) is 10.3. The monoisotopic (exact) mass is 446 g/mol. The maximum absolute atomic E-state index is 12.5. The van der Waals surface area contributed by atoms with Crippen LogP contribution in [0.2, 0.25) is 18.1 Å². The third kappa shape index (κ3) is 7.42. The van der Waals surface area contributed by atoms with Crippen LogP contribution < -0.4 is 0 Å². The molecule has 1 aromatic carbocycles. The zero-order valence-electron chi connectivity index (χ0n) is 20.0. The van der Waals surface area contributed by atoms with Gasteiger partial charge in [-0.15, -0.1) is 6.58 Å². The van der Waals surface area contributed by atoms with E-state index in [1.807, 2.05) is 44.2 Å². The molecule has 0 amide bonds. The quantitative estimate of drug-likeness (QED) is 0.210. The van der Waals surface area contributed by atoms with Crippen LogP contribution in [0.4, 0.5) is 0 Å². The Bertz CT molecular complexity index is 764. The van der Waals surface area contributed by atoms with Crippen LogP contribution >= 0.6 is 0 Å². The highest BCUT2D eigenvalue weighted by Gasteiger charge is 2.47. The van der Waals surface area contributed by atoms with E-state index in [-0.39, 0.29) is 11.1 Å². The van der Waals surface area contributed by atoms with Gasteiger partial charge in [-0.2, -0.15) is 0 Å². The Labute approximate surface area is 188 Å². The summed E-state index contributed by atoms with van der Waals surface area (Å²) in [5, 5.41) is 0.0900. The molecular formula is C25H38O5Si. The Kier molecular flexibility index (Phi) is 8.45. The SMILES string of the molecule is C=CC[C@@H](OC(=O)/C=C/c1ccccc1)[C@H]1OC(C)(C)O[C@@H]1CO[Si](C)(C)C(C)(C)C. The van der Waals surface area contributed by atoms with Crippen molar-refractivity contribution in [2.45, 2.75) is 83.3 Å². The molecule has 1 fully saturated rings. The Balaban J connectivity index is 2.11. The number of ether oxygens (including phenoxy) is 3. The van der Waals surface area contributed by atoms with Crippen molar-refractivity contribution in [3.8, 4) is 0 Å². The second-order valence-electron chi connectivity index (χ2n) is 9.95. The van der Waals surface area contributed by atoms with E-state index in [1.165, 1.54) is 6.08 Å². The largest absolute Gasteiger partial charge is 0.456 e. The van der Waals surface area contributed by atoms with Gasteiger partial charge in [-0.1, -0.05) is 57.2 Å². The zero-order valence-corrected chi connectivity index (χ0v) is 21.0. The molecule has 5 nitrogen and oxygen atoms in total. The summed E-state index contributed by atoms with van der Waals surface area (Å²) in [7, 11) is -1.96. The number of benzene rings is 1. The van der Waals surface area contributed by atoms with Crippen molar-refractivity contribution in [1.29, 1.82) is 0 Å². The molecule has 0 saturated carbocycles. The van der Waals surface area contributed by atoms with Crippen molar-refractivity contribution in [2.24, 2.45) is 0 Å². The lowest BCUT2D eigenvalue weighted by Crippen LogP contribution is -2.46. The number of rotatable bonds is 9. The van der Waals surface area contributed by atoms with Crippen molar-refractivity contribution >= 4 is 20.4 Å². The molecule has 0 aliphatic carbocycles. The van der Waals surface area contributed by atoms with Crippen LogP contribution in [0.25, 0.3) is 6.08 Å². The lowest BCUT2D eigenvalue weighted by Gasteiger charge is -2.37. The highest BCUT2D eigenvalue weighted by atomic mass is 28.4. The molecule has 31 heavy (non-hydrogen) atoms. The van der Waals surface area contributed by atoms with Crippen LogP contribution in [-0.4, -0.2) is 45.0 Å². The van der Waals surface area contributed by atoms with Crippen LogP contribution in [0.15, 0.2) is 49.1 Å². The van der Waals surface area contributed by atoms with Gasteiger partial charge < -0.3 is 18.6 Å². The topological polar surface area (TPSA) is 54.0 Å². The van der Waals surface area contributed by atoms with Gasteiger partial charge in [-0.25, -0.2) is 4.79 Å². The fourth-order valence-electron chi connectivity index (χ4n) is 3.14. The summed E-state index contributed by atoms with van der Waals surface area (Å²) in [4.78, 5) is 12.5. The van der Waals surface area contributed by atoms with Gasteiger partial charge in [0.15, 0.2) is 14.1 Å². The third-order valence-electron chi connectivity index (χ3n) is 5.88. The number of carbonyl (C=O) groups is 1. The first kappa shape index (κ1) is 25.5. The molecule has 6 heteroatoms. The predicted molar refractivity (Wildman–Crippen MR) is 127 cm³/mol. The van der Waals surface area contributed by atoms with Gasteiger partial charge in [0.25, 0.3) is 0 Å². The van der Waals surface area contributed by atoms with Crippen LogP contribution in [0.5, 0.6) is 0 Å². The number of carbonyl (C=O) groups excluding carboxylic acids is 1. The minimum absolute atomic E-state index is 0.0900. The summed E-state index contributed by atoms with van der Waals surface area (Å²) in [5.41, 5.74) is 0.932. The van der Waals surface area contributed by atoms with Gasteiger partial charge in [0.1, 0.15) is 18.3 Å². The Morgan fingerprint density at radius 2 is 1.87 bits per heavy atom. The van der Waals surface area contributed by atoms with Crippen LogP contribution in [-0.2, 0) is 23.4 Å². The molecule has 3 atom stereocenters. The van der Waals surface area contributed by atoms with Crippen molar-refractivity contribution in [3.05, 3.63) is 54.6 Å². The lowest BCUT2D eigenvalue weighted by molar-refractivity contribution is -0.167. The minimum Gasteiger partial charge on any atom is -0.456 e. The first-order valence-corrected chi connectivity index (χ1v) is 13.8. The van der Waals surface area contributed by atoms with Crippen molar-refractivity contribution in [3.63, 3.8) is 0 Å². The van der Waals surface area contributed by atoms with Gasteiger partial charge in [0.2, 0.25) is 0 Å². The summed E-state index contributed by atoms with van der Waals surface area (Å²) >= 11 is 0. The normalized spacial score (nSPS) is 22.4. The highest BCUT2D eigenvalue weighted by molar-refractivity contribution is 6.74. The number of hydrogen-bond acceptors (Lipinski definition) is 5. The van der Waals surface area contributed by atoms with Crippen molar-refractivity contribution in [1.82, 2.24) is 0 Å². The molecule has 0 unspecified atom stereocenters. The van der Waals surface area contributed by atoms with E-state index in [1.54, 1.807) is 12.2 Å². The van der Waals surface area contributed by atoms with E-state index in [9.17, 15) is 4.79 Å². The van der Waals surface area contributed by atoms with Crippen molar-refractivity contribution < 1.29 is 23.4 Å². The third-order valence-corrected chi connectivity index (χ3v) is 10.4. The molecular weight excluding hydrogens is 408 g/mol. The molecule has 1 heterocycles. The molecule has 172 valence electrons. The standard InChI is InChI=1S/C25H38O5Si/c1-9-13-20(28-22(26)17-16-19-14-11-10-12-15-19)23-21(29-25(5,6)30-23)18-27-31(7,8)24(2,3)4/h9-12,14-17,20-21,23H,1,13,18H2,2-8H3/b17-16+/t20-,21-,23-/m1/s1. The smallest absolute Gasteiger partial charge is 0.331 e. The van der Waals surface area contributed by atoms with E-state index in [0.29, 0.717) is 13.0 Å². The fraction of sp³-hybridized carbons (Fsp3) is 0.560. The average Bonchev–Trinajstić information content (AvgIpc) is 2.99. The predicted octanol–water partition coefficient (Wildman–Crippen LogP) is 5.73. The molecule has 1 saturated heterocycles. The van der Waals surface area contributed by atoms with E-state index in [0.717, 1.165) is 5.56 Å². The van der Waals surface area contributed by atoms with Crippen LogP contribution in [0.1, 0.15) is 46.6 Å². The zero-order chi connectivity index (χ0) is 23.3.